The van der Waals surface area contributed by atoms with Gasteiger partial charge >= 0.3 is 0 Å². The highest BCUT2D eigenvalue weighted by Gasteiger charge is 2.11. The number of hydrogen-bond donors (Lipinski definition) is 1. The molecule has 0 aromatic heterocycles. The van der Waals surface area contributed by atoms with Gasteiger partial charge < -0.3 is 10.6 Å². The number of halogens is 1. The third-order valence-corrected chi connectivity index (χ3v) is 4.33. The quantitative estimate of drug-likeness (QED) is 0.875. The Kier molecular flexibility index (Phi) is 5.43. The number of benzene rings is 2. The van der Waals surface area contributed by atoms with Crippen LogP contribution in [-0.2, 0) is 13.0 Å². The van der Waals surface area contributed by atoms with Crippen molar-refractivity contribution >= 4 is 21.6 Å². The van der Waals surface area contributed by atoms with Crippen molar-refractivity contribution in [3.8, 4) is 0 Å². The molecular formula is C18H23BrN2. The fraction of sp³-hybridized carbons (Fsp3) is 0.333. The van der Waals surface area contributed by atoms with Crippen molar-refractivity contribution in [1.82, 2.24) is 0 Å². The molecule has 2 rings (SSSR count). The summed E-state index contributed by atoms with van der Waals surface area (Å²) in [5.41, 5.74) is 11.1. The highest BCUT2D eigenvalue weighted by molar-refractivity contribution is 9.10. The van der Waals surface area contributed by atoms with Gasteiger partial charge in [-0.3, -0.25) is 0 Å². The molecule has 0 aliphatic carbocycles. The van der Waals surface area contributed by atoms with Crippen LogP contribution in [0.15, 0.2) is 46.9 Å². The van der Waals surface area contributed by atoms with E-state index in [1.807, 2.05) is 6.07 Å². The molecule has 1 atom stereocenters. The topological polar surface area (TPSA) is 29.3 Å². The molecule has 0 bridgehead atoms. The molecule has 0 radical (unpaired) electrons. The zero-order chi connectivity index (χ0) is 15.4. The Balaban J connectivity index is 2.26. The Bertz CT molecular complexity index is 608. The molecule has 0 spiro atoms. The van der Waals surface area contributed by atoms with Gasteiger partial charge in [0.1, 0.15) is 0 Å². The molecular weight excluding hydrogens is 324 g/mol. The molecule has 112 valence electrons. The first-order valence-electron chi connectivity index (χ1n) is 7.27. The van der Waals surface area contributed by atoms with E-state index in [1.54, 1.807) is 0 Å². The number of rotatable bonds is 5. The van der Waals surface area contributed by atoms with Crippen molar-refractivity contribution in [3.63, 3.8) is 0 Å². The average Bonchev–Trinajstić information content (AvgIpc) is 2.40. The van der Waals surface area contributed by atoms with Gasteiger partial charge in [-0.05, 0) is 43.5 Å². The first-order valence-corrected chi connectivity index (χ1v) is 8.06. The fourth-order valence-corrected chi connectivity index (χ4v) is 2.97. The highest BCUT2D eigenvalue weighted by atomic mass is 79.9. The van der Waals surface area contributed by atoms with E-state index in [0.717, 1.165) is 17.4 Å². The number of hydrogen-bond acceptors (Lipinski definition) is 2. The lowest BCUT2D eigenvalue weighted by atomic mass is 10.0. The molecule has 3 heteroatoms. The Morgan fingerprint density at radius 1 is 1.14 bits per heavy atom. The fourth-order valence-electron chi connectivity index (χ4n) is 2.56. The second-order valence-electron chi connectivity index (χ2n) is 5.76. The maximum Gasteiger partial charge on any atom is 0.0437 e. The standard InChI is InChI=1S/C18H23BrN2/c1-13-8-9-18(16(10-13)11-14(2)20)21(3)12-15-6-4-5-7-17(15)19/h4-10,14H,11-12,20H2,1-3H3. The molecule has 0 saturated carbocycles. The van der Waals surface area contributed by atoms with E-state index < -0.39 is 0 Å². The summed E-state index contributed by atoms with van der Waals surface area (Å²) in [5.74, 6) is 0. The van der Waals surface area contributed by atoms with E-state index in [9.17, 15) is 0 Å². The van der Waals surface area contributed by atoms with Crippen LogP contribution in [-0.4, -0.2) is 13.1 Å². The normalized spacial score (nSPS) is 12.2. The van der Waals surface area contributed by atoms with Crippen molar-refractivity contribution < 1.29 is 0 Å². The van der Waals surface area contributed by atoms with Crippen LogP contribution in [0.1, 0.15) is 23.6 Å². The van der Waals surface area contributed by atoms with E-state index in [2.05, 4.69) is 78.1 Å². The minimum Gasteiger partial charge on any atom is -0.370 e. The predicted octanol–water partition coefficient (Wildman–Crippen LogP) is 4.28. The first kappa shape index (κ1) is 16.1. The Morgan fingerprint density at radius 3 is 2.52 bits per heavy atom. The van der Waals surface area contributed by atoms with Gasteiger partial charge in [0.05, 0.1) is 0 Å². The highest BCUT2D eigenvalue weighted by Crippen LogP contribution is 2.25. The molecule has 2 aromatic carbocycles. The molecule has 0 saturated heterocycles. The third-order valence-electron chi connectivity index (χ3n) is 3.55. The second-order valence-corrected chi connectivity index (χ2v) is 6.62. The van der Waals surface area contributed by atoms with Crippen molar-refractivity contribution in [3.05, 3.63) is 63.6 Å². The van der Waals surface area contributed by atoms with Crippen LogP contribution >= 0.6 is 15.9 Å². The summed E-state index contributed by atoms with van der Waals surface area (Å²) in [6.07, 6.45) is 0.900. The molecule has 0 heterocycles. The van der Waals surface area contributed by atoms with Crippen LogP contribution in [0.5, 0.6) is 0 Å². The minimum atomic E-state index is 0.169. The number of nitrogens with two attached hydrogens (primary N) is 1. The van der Waals surface area contributed by atoms with Crippen molar-refractivity contribution in [2.24, 2.45) is 5.73 Å². The van der Waals surface area contributed by atoms with E-state index >= 15 is 0 Å². The van der Waals surface area contributed by atoms with Crippen LogP contribution in [0.3, 0.4) is 0 Å². The van der Waals surface area contributed by atoms with Gasteiger partial charge in [0.15, 0.2) is 0 Å². The zero-order valence-corrected chi connectivity index (χ0v) is 14.5. The van der Waals surface area contributed by atoms with Crippen LogP contribution in [0.4, 0.5) is 5.69 Å². The van der Waals surface area contributed by atoms with E-state index in [-0.39, 0.29) is 6.04 Å². The van der Waals surface area contributed by atoms with Gasteiger partial charge in [0.2, 0.25) is 0 Å². The third kappa shape index (κ3) is 4.32. The molecule has 0 aliphatic heterocycles. The Labute approximate surface area is 136 Å². The van der Waals surface area contributed by atoms with Crippen molar-refractivity contribution in [2.45, 2.75) is 32.9 Å². The van der Waals surface area contributed by atoms with Gasteiger partial charge in [-0.1, -0.05) is 51.8 Å². The molecule has 0 fully saturated rings. The van der Waals surface area contributed by atoms with Gasteiger partial charge in [0.25, 0.3) is 0 Å². The van der Waals surface area contributed by atoms with Crippen molar-refractivity contribution in [1.29, 1.82) is 0 Å². The predicted molar refractivity (Wildman–Crippen MR) is 94.8 cm³/mol. The maximum atomic E-state index is 5.99. The Morgan fingerprint density at radius 2 is 1.86 bits per heavy atom. The summed E-state index contributed by atoms with van der Waals surface area (Å²) < 4.78 is 1.15. The summed E-state index contributed by atoms with van der Waals surface area (Å²) in [4.78, 5) is 2.29. The molecule has 2 nitrogen and oxygen atoms in total. The Hall–Kier alpha value is -1.32. The first-order chi connectivity index (χ1) is 9.97. The van der Waals surface area contributed by atoms with Crippen LogP contribution in [0.25, 0.3) is 0 Å². The lowest BCUT2D eigenvalue weighted by Crippen LogP contribution is -2.22. The van der Waals surface area contributed by atoms with Crippen LogP contribution in [0, 0.1) is 6.92 Å². The molecule has 0 aliphatic rings. The van der Waals surface area contributed by atoms with Crippen LogP contribution in [0.2, 0.25) is 0 Å². The van der Waals surface area contributed by atoms with E-state index in [0.29, 0.717) is 0 Å². The number of anilines is 1. The van der Waals surface area contributed by atoms with Crippen molar-refractivity contribution in [2.75, 3.05) is 11.9 Å². The summed E-state index contributed by atoms with van der Waals surface area (Å²) in [6, 6.07) is 15.1. The molecule has 21 heavy (non-hydrogen) atoms. The smallest absolute Gasteiger partial charge is 0.0437 e. The van der Waals surface area contributed by atoms with Gasteiger partial charge in [-0.25, -0.2) is 0 Å². The lowest BCUT2D eigenvalue weighted by Gasteiger charge is -2.24. The summed E-state index contributed by atoms with van der Waals surface area (Å²) in [7, 11) is 2.13. The zero-order valence-electron chi connectivity index (χ0n) is 12.9. The molecule has 0 amide bonds. The van der Waals surface area contributed by atoms with Gasteiger partial charge in [-0.15, -0.1) is 0 Å². The number of nitrogens with zero attached hydrogens (tertiary/aromatic N) is 1. The van der Waals surface area contributed by atoms with E-state index in [4.69, 9.17) is 5.73 Å². The van der Waals surface area contributed by atoms with Crippen LogP contribution < -0.4 is 10.6 Å². The monoisotopic (exact) mass is 346 g/mol. The number of aryl methyl sites for hydroxylation is 1. The average molecular weight is 347 g/mol. The minimum absolute atomic E-state index is 0.169. The lowest BCUT2D eigenvalue weighted by molar-refractivity contribution is 0.733. The molecule has 2 aromatic rings. The van der Waals surface area contributed by atoms with E-state index in [1.165, 1.54) is 22.4 Å². The van der Waals surface area contributed by atoms with Gasteiger partial charge in [0, 0.05) is 29.8 Å². The SMILES string of the molecule is Cc1ccc(N(C)Cc2ccccc2Br)c(CC(C)N)c1. The summed E-state index contributed by atoms with van der Waals surface area (Å²) in [5, 5.41) is 0. The maximum absolute atomic E-state index is 5.99. The second kappa shape index (κ2) is 7.10. The molecule has 2 N–H and O–H groups in total. The van der Waals surface area contributed by atoms with Gasteiger partial charge in [-0.2, -0.15) is 0 Å². The summed E-state index contributed by atoms with van der Waals surface area (Å²) >= 11 is 3.62. The molecule has 1 unspecified atom stereocenters. The largest absolute Gasteiger partial charge is 0.370 e. The summed E-state index contributed by atoms with van der Waals surface area (Å²) in [6.45, 7) is 5.05.